The number of hydrogen-bond acceptors (Lipinski definition) is 4. The van der Waals surface area contributed by atoms with E-state index in [4.69, 9.17) is 4.98 Å². The molecule has 1 fully saturated rings. The number of thiazole rings is 1. The lowest BCUT2D eigenvalue weighted by atomic mass is 9.97. The number of carbonyl (C=O) groups is 2. The Morgan fingerprint density at radius 2 is 1.93 bits per heavy atom. The van der Waals surface area contributed by atoms with Crippen molar-refractivity contribution in [3.63, 3.8) is 0 Å². The molecule has 1 saturated heterocycles. The van der Waals surface area contributed by atoms with E-state index in [0.29, 0.717) is 6.54 Å². The van der Waals surface area contributed by atoms with Crippen LogP contribution in [0.25, 0.3) is 10.2 Å². The van der Waals surface area contributed by atoms with Crippen molar-refractivity contribution in [1.82, 2.24) is 15.2 Å². The van der Waals surface area contributed by atoms with E-state index in [-0.39, 0.29) is 30.2 Å². The van der Waals surface area contributed by atoms with Crippen molar-refractivity contribution in [1.29, 1.82) is 0 Å². The minimum Gasteiger partial charge on any atom is -0.349 e. The summed E-state index contributed by atoms with van der Waals surface area (Å²) >= 11 is 1.73. The van der Waals surface area contributed by atoms with Crippen LogP contribution in [0.2, 0.25) is 0 Å². The van der Waals surface area contributed by atoms with Gasteiger partial charge in [0.2, 0.25) is 11.8 Å². The van der Waals surface area contributed by atoms with Crippen LogP contribution in [-0.4, -0.2) is 34.8 Å². The molecule has 2 aromatic carbocycles. The Balaban J connectivity index is 1.46. The summed E-state index contributed by atoms with van der Waals surface area (Å²) in [5.41, 5.74) is 1.99. The number of likely N-dealkylation sites (tertiary alicyclic amines) is 1. The minimum atomic E-state index is -0.302. The first-order chi connectivity index (χ1) is 14.1. The molecule has 3 aromatic rings. The summed E-state index contributed by atoms with van der Waals surface area (Å²) < 4.78 is 1.20. The Hall–Kier alpha value is -2.73. The number of aromatic nitrogens is 1. The lowest BCUT2D eigenvalue weighted by Crippen LogP contribution is -2.41. The predicted octanol–water partition coefficient (Wildman–Crippen LogP) is 4.27. The van der Waals surface area contributed by atoms with Crippen LogP contribution in [0.3, 0.4) is 0 Å². The topological polar surface area (TPSA) is 62.3 Å². The predicted molar refractivity (Wildman–Crippen MR) is 116 cm³/mol. The van der Waals surface area contributed by atoms with E-state index in [1.54, 1.807) is 11.3 Å². The highest BCUT2D eigenvalue weighted by Crippen LogP contribution is 2.33. The van der Waals surface area contributed by atoms with Crippen LogP contribution in [0, 0.1) is 0 Å². The van der Waals surface area contributed by atoms with Crippen molar-refractivity contribution in [2.45, 2.75) is 38.1 Å². The SMILES string of the molecule is CC(=O)N[C@@H](CC(=O)N1CCC[C@H](c2nc3ccccc3s2)C1)c1ccccc1. The quantitative estimate of drug-likeness (QED) is 0.687. The Morgan fingerprint density at radius 1 is 1.17 bits per heavy atom. The molecule has 4 rings (SSSR count). The van der Waals surface area contributed by atoms with Gasteiger partial charge >= 0.3 is 0 Å². The number of rotatable bonds is 5. The van der Waals surface area contributed by atoms with Gasteiger partial charge in [-0.25, -0.2) is 4.98 Å². The third kappa shape index (κ3) is 4.65. The van der Waals surface area contributed by atoms with Gasteiger partial charge in [-0.2, -0.15) is 0 Å². The number of fused-ring (bicyclic) bond motifs is 1. The van der Waals surface area contributed by atoms with Crippen molar-refractivity contribution in [2.24, 2.45) is 0 Å². The fourth-order valence-electron chi connectivity index (χ4n) is 3.96. The van der Waals surface area contributed by atoms with Gasteiger partial charge in [-0.05, 0) is 30.5 Å². The van der Waals surface area contributed by atoms with E-state index in [0.717, 1.165) is 35.5 Å². The Kier molecular flexibility index (Phi) is 5.90. The molecule has 0 bridgehead atoms. The molecule has 1 aliphatic heterocycles. The lowest BCUT2D eigenvalue weighted by molar-refractivity contribution is -0.133. The average Bonchev–Trinajstić information content (AvgIpc) is 3.18. The molecule has 0 spiro atoms. The number of carbonyl (C=O) groups excluding carboxylic acids is 2. The molecular formula is C23H25N3O2S. The Labute approximate surface area is 174 Å². The summed E-state index contributed by atoms with van der Waals surface area (Å²) in [5, 5.41) is 4.05. The Bertz CT molecular complexity index is 969. The lowest BCUT2D eigenvalue weighted by Gasteiger charge is -2.33. The second kappa shape index (κ2) is 8.74. The molecule has 2 amide bonds. The number of para-hydroxylation sites is 1. The number of piperidine rings is 1. The number of benzene rings is 2. The summed E-state index contributed by atoms with van der Waals surface area (Å²) in [6, 6.07) is 17.6. The fourth-order valence-corrected chi connectivity index (χ4v) is 5.05. The average molecular weight is 408 g/mol. The van der Waals surface area contributed by atoms with E-state index >= 15 is 0 Å². The molecule has 150 valence electrons. The van der Waals surface area contributed by atoms with Gasteiger partial charge in [0.25, 0.3) is 0 Å². The highest BCUT2D eigenvalue weighted by atomic mass is 32.1. The van der Waals surface area contributed by atoms with E-state index in [2.05, 4.69) is 11.4 Å². The summed E-state index contributed by atoms with van der Waals surface area (Å²) in [6.45, 7) is 2.95. The second-order valence-electron chi connectivity index (χ2n) is 7.57. The van der Waals surface area contributed by atoms with Gasteiger partial charge in [-0.3, -0.25) is 9.59 Å². The third-order valence-corrected chi connectivity index (χ3v) is 6.59. The van der Waals surface area contributed by atoms with Gasteiger partial charge in [0.1, 0.15) is 0 Å². The summed E-state index contributed by atoms with van der Waals surface area (Å²) in [5.74, 6) is 0.233. The number of hydrogen-bond donors (Lipinski definition) is 1. The van der Waals surface area contributed by atoms with Crippen LogP contribution < -0.4 is 5.32 Å². The van der Waals surface area contributed by atoms with E-state index in [9.17, 15) is 9.59 Å². The molecule has 0 aliphatic carbocycles. The molecule has 0 radical (unpaired) electrons. The maximum absolute atomic E-state index is 13.1. The maximum Gasteiger partial charge on any atom is 0.225 e. The summed E-state index contributed by atoms with van der Waals surface area (Å²) in [4.78, 5) is 31.5. The molecule has 6 heteroatoms. The molecule has 2 heterocycles. The number of nitrogens with one attached hydrogen (secondary N) is 1. The first-order valence-electron chi connectivity index (χ1n) is 10.1. The molecule has 1 N–H and O–H groups in total. The molecule has 1 aromatic heterocycles. The van der Waals surface area contributed by atoms with Gasteiger partial charge in [0, 0.05) is 25.9 Å². The third-order valence-electron chi connectivity index (χ3n) is 5.39. The standard InChI is InChI=1S/C23H25N3O2S/c1-16(27)24-20(17-8-3-2-4-9-17)14-22(28)26-13-7-10-18(15-26)23-25-19-11-5-6-12-21(19)29-23/h2-6,8-9,11-12,18,20H,7,10,13-15H2,1H3,(H,24,27)/t18-,20-/m0/s1. The van der Waals surface area contributed by atoms with Crippen molar-refractivity contribution in [3.8, 4) is 0 Å². The highest BCUT2D eigenvalue weighted by molar-refractivity contribution is 7.18. The van der Waals surface area contributed by atoms with Crippen LogP contribution in [0.1, 0.15) is 48.7 Å². The molecular weight excluding hydrogens is 382 g/mol. The number of nitrogens with zero attached hydrogens (tertiary/aromatic N) is 2. The van der Waals surface area contributed by atoms with Crippen molar-refractivity contribution in [2.75, 3.05) is 13.1 Å². The monoisotopic (exact) mass is 407 g/mol. The molecule has 0 saturated carbocycles. The smallest absolute Gasteiger partial charge is 0.225 e. The fraction of sp³-hybridized carbons (Fsp3) is 0.348. The second-order valence-corrected chi connectivity index (χ2v) is 8.63. The van der Waals surface area contributed by atoms with E-state index < -0.39 is 0 Å². The normalized spacial score (nSPS) is 17.8. The van der Waals surface area contributed by atoms with Crippen molar-refractivity contribution in [3.05, 3.63) is 65.2 Å². The zero-order chi connectivity index (χ0) is 20.2. The van der Waals surface area contributed by atoms with Crippen molar-refractivity contribution < 1.29 is 9.59 Å². The van der Waals surface area contributed by atoms with Gasteiger partial charge in [0.15, 0.2) is 0 Å². The summed E-state index contributed by atoms with van der Waals surface area (Å²) in [6.07, 6.45) is 2.30. The van der Waals surface area contributed by atoms with Crippen molar-refractivity contribution >= 4 is 33.4 Å². The summed E-state index contributed by atoms with van der Waals surface area (Å²) in [7, 11) is 0. The molecule has 29 heavy (non-hydrogen) atoms. The van der Waals surface area contributed by atoms with Gasteiger partial charge < -0.3 is 10.2 Å². The van der Waals surface area contributed by atoms with Crippen LogP contribution >= 0.6 is 11.3 Å². The minimum absolute atomic E-state index is 0.0819. The van der Waals surface area contributed by atoms with Gasteiger partial charge in [-0.15, -0.1) is 11.3 Å². The van der Waals surface area contributed by atoms with Crippen LogP contribution in [0.4, 0.5) is 0 Å². The highest BCUT2D eigenvalue weighted by Gasteiger charge is 2.28. The first-order valence-corrected chi connectivity index (χ1v) is 10.9. The van der Waals surface area contributed by atoms with E-state index in [1.165, 1.54) is 11.6 Å². The van der Waals surface area contributed by atoms with E-state index in [1.807, 2.05) is 53.4 Å². The number of amides is 2. The zero-order valence-electron chi connectivity index (χ0n) is 16.5. The molecule has 5 nitrogen and oxygen atoms in total. The molecule has 2 atom stereocenters. The first kappa shape index (κ1) is 19.6. The Morgan fingerprint density at radius 3 is 2.69 bits per heavy atom. The molecule has 1 aliphatic rings. The zero-order valence-corrected chi connectivity index (χ0v) is 17.3. The largest absolute Gasteiger partial charge is 0.349 e. The van der Waals surface area contributed by atoms with Gasteiger partial charge in [0.05, 0.1) is 27.7 Å². The van der Waals surface area contributed by atoms with Crippen LogP contribution in [-0.2, 0) is 9.59 Å². The van der Waals surface area contributed by atoms with Gasteiger partial charge in [-0.1, -0.05) is 42.5 Å². The maximum atomic E-state index is 13.1. The van der Waals surface area contributed by atoms with Crippen LogP contribution in [0.5, 0.6) is 0 Å². The van der Waals surface area contributed by atoms with Crippen LogP contribution in [0.15, 0.2) is 54.6 Å². The molecule has 0 unspecified atom stereocenters.